The molecule has 0 saturated heterocycles. The van der Waals surface area contributed by atoms with Crippen LogP contribution < -0.4 is 5.32 Å². The summed E-state index contributed by atoms with van der Waals surface area (Å²) in [6.07, 6.45) is 2.75. The molecule has 0 aliphatic rings. The highest BCUT2D eigenvalue weighted by Gasteiger charge is 2.06. The monoisotopic (exact) mass is 274 g/mol. The van der Waals surface area contributed by atoms with Gasteiger partial charge in [-0.2, -0.15) is 5.10 Å². The number of aliphatic hydroxyl groups is 1. The van der Waals surface area contributed by atoms with E-state index in [0.717, 1.165) is 0 Å². The fourth-order valence-electron chi connectivity index (χ4n) is 1.50. The van der Waals surface area contributed by atoms with Gasteiger partial charge in [-0.05, 0) is 18.2 Å². The first-order chi connectivity index (χ1) is 9.69. The Hall–Kier alpha value is -2.72. The predicted octanol–water partition coefficient (Wildman–Crippen LogP) is 0.400. The Labute approximate surface area is 114 Å². The van der Waals surface area contributed by atoms with Gasteiger partial charge in [0.15, 0.2) is 0 Å². The van der Waals surface area contributed by atoms with Gasteiger partial charge in [0.2, 0.25) is 5.91 Å². The standard InChI is InChI=1S/C13H11FN4O2/c14-12-4-3-11(6-10(12)2-1-5-19)17-13(20)7-18-9-15-8-16-18/h3-4,6,8-9,19H,5,7H2,(H,17,20). The molecule has 2 rings (SSSR count). The fourth-order valence-corrected chi connectivity index (χ4v) is 1.50. The summed E-state index contributed by atoms with van der Waals surface area (Å²) >= 11 is 0. The number of nitrogens with one attached hydrogen (secondary N) is 1. The minimum atomic E-state index is -0.514. The molecule has 7 heteroatoms. The molecule has 6 nitrogen and oxygen atoms in total. The van der Waals surface area contributed by atoms with Crippen LogP contribution in [0.1, 0.15) is 5.56 Å². The topological polar surface area (TPSA) is 80.0 Å². The molecule has 2 aromatic rings. The third-order valence-electron chi connectivity index (χ3n) is 2.32. The van der Waals surface area contributed by atoms with Crippen molar-refractivity contribution in [2.24, 2.45) is 0 Å². The first kappa shape index (κ1) is 13.7. The summed E-state index contributed by atoms with van der Waals surface area (Å²) in [5.41, 5.74) is 0.524. The van der Waals surface area contributed by atoms with E-state index in [-0.39, 0.29) is 24.6 Å². The van der Waals surface area contributed by atoms with Crippen LogP contribution in [0.25, 0.3) is 0 Å². The molecule has 0 atom stereocenters. The van der Waals surface area contributed by atoms with Gasteiger partial charge in [-0.15, -0.1) is 0 Å². The lowest BCUT2D eigenvalue weighted by atomic mass is 10.2. The quantitative estimate of drug-likeness (QED) is 0.794. The maximum absolute atomic E-state index is 13.4. The largest absolute Gasteiger partial charge is 0.384 e. The van der Waals surface area contributed by atoms with E-state index in [0.29, 0.717) is 5.69 Å². The zero-order valence-electron chi connectivity index (χ0n) is 10.4. The second-order valence-electron chi connectivity index (χ2n) is 3.80. The number of carbonyl (C=O) groups is 1. The molecule has 102 valence electrons. The smallest absolute Gasteiger partial charge is 0.246 e. The lowest BCUT2D eigenvalue weighted by Crippen LogP contribution is -2.19. The Morgan fingerprint density at radius 1 is 1.50 bits per heavy atom. The number of nitrogens with zero attached hydrogens (tertiary/aromatic N) is 3. The second-order valence-corrected chi connectivity index (χ2v) is 3.80. The van der Waals surface area contributed by atoms with Gasteiger partial charge in [0, 0.05) is 5.69 Å². The number of carbonyl (C=O) groups excluding carboxylic acids is 1. The Balaban J connectivity index is 2.07. The molecule has 20 heavy (non-hydrogen) atoms. The summed E-state index contributed by atoms with van der Waals surface area (Å²) < 4.78 is 14.8. The number of rotatable bonds is 3. The summed E-state index contributed by atoms with van der Waals surface area (Å²) in [4.78, 5) is 15.4. The lowest BCUT2D eigenvalue weighted by molar-refractivity contribution is -0.116. The van der Waals surface area contributed by atoms with Crippen molar-refractivity contribution in [1.29, 1.82) is 0 Å². The van der Waals surface area contributed by atoms with Gasteiger partial charge in [0.1, 0.15) is 31.6 Å². The molecular weight excluding hydrogens is 263 g/mol. The molecule has 0 radical (unpaired) electrons. The van der Waals surface area contributed by atoms with E-state index in [2.05, 4.69) is 27.2 Å². The molecule has 0 aliphatic carbocycles. The Bertz CT molecular complexity index is 659. The van der Waals surface area contributed by atoms with Crippen molar-refractivity contribution in [3.05, 3.63) is 42.2 Å². The molecule has 0 spiro atoms. The number of amides is 1. The van der Waals surface area contributed by atoms with Crippen molar-refractivity contribution in [1.82, 2.24) is 14.8 Å². The SMILES string of the molecule is O=C(Cn1cncn1)Nc1ccc(F)c(C#CCO)c1. The average molecular weight is 274 g/mol. The minimum Gasteiger partial charge on any atom is -0.384 e. The Morgan fingerprint density at radius 2 is 2.35 bits per heavy atom. The number of benzene rings is 1. The average Bonchev–Trinajstić information content (AvgIpc) is 2.92. The van der Waals surface area contributed by atoms with Crippen LogP contribution in [0.2, 0.25) is 0 Å². The van der Waals surface area contributed by atoms with E-state index in [1.807, 2.05) is 0 Å². The van der Waals surface area contributed by atoms with E-state index in [4.69, 9.17) is 5.11 Å². The molecule has 1 aromatic heterocycles. The molecule has 0 saturated carbocycles. The van der Waals surface area contributed by atoms with Gasteiger partial charge in [0.25, 0.3) is 0 Å². The summed E-state index contributed by atoms with van der Waals surface area (Å²) in [6.45, 7) is -0.350. The first-order valence-corrected chi connectivity index (χ1v) is 5.70. The van der Waals surface area contributed by atoms with E-state index >= 15 is 0 Å². The maximum atomic E-state index is 13.4. The number of aliphatic hydroxyl groups excluding tert-OH is 1. The zero-order valence-corrected chi connectivity index (χ0v) is 10.4. The first-order valence-electron chi connectivity index (χ1n) is 5.70. The van der Waals surface area contributed by atoms with Crippen LogP contribution in [0.4, 0.5) is 10.1 Å². The maximum Gasteiger partial charge on any atom is 0.246 e. The highest BCUT2D eigenvalue weighted by molar-refractivity contribution is 5.90. The van der Waals surface area contributed by atoms with Crippen molar-refractivity contribution in [2.45, 2.75) is 6.54 Å². The number of hydrogen-bond donors (Lipinski definition) is 2. The number of hydrogen-bond acceptors (Lipinski definition) is 4. The van der Waals surface area contributed by atoms with Gasteiger partial charge in [0.05, 0.1) is 5.56 Å². The van der Waals surface area contributed by atoms with Crippen molar-refractivity contribution < 1.29 is 14.3 Å². The third kappa shape index (κ3) is 3.63. The van der Waals surface area contributed by atoms with Crippen molar-refractivity contribution in [3.8, 4) is 11.8 Å². The van der Waals surface area contributed by atoms with Gasteiger partial charge < -0.3 is 10.4 Å². The van der Waals surface area contributed by atoms with E-state index < -0.39 is 5.82 Å². The van der Waals surface area contributed by atoms with Crippen molar-refractivity contribution in [2.75, 3.05) is 11.9 Å². The van der Waals surface area contributed by atoms with Gasteiger partial charge >= 0.3 is 0 Å². The summed E-state index contributed by atoms with van der Waals surface area (Å²) in [5.74, 6) is 3.99. The molecule has 0 aliphatic heterocycles. The van der Waals surface area contributed by atoms with E-state index in [9.17, 15) is 9.18 Å². The Morgan fingerprint density at radius 3 is 3.05 bits per heavy atom. The van der Waals surface area contributed by atoms with Crippen LogP contribution in [0.3, 0.4) is 0 Å². The molecule has 2 N–H and O–H groups in total. The summed E-state index contributed by atoms with van der Waals surface area (Å²) in [7, 11) is 0. The third-order valence-corrected chi connectivity index (χ3v) is 2.32. The van der Waals surface area contributed by atoms with Crippen LogP contribution >= 0.6 is 0 Å². The molecule has 1 amide bonds. The Kier molecular flexibility index (Phi) is 4.42. The van der Waals surface area contributed by atoms with Crippen LogP contribution in [0.5, 0.6) is 0 Å². The predicted molar refractivity (Wildman–Crippen MR) is 69.0 cm³/mol. The number of halogens is 1. The highest BCUT2D eigenvalue weighted by atomic mass is 19.1. The van der Waals surface area contributed by atoms with Crippen LogP contribution in [-0.4, -0.2) is 32.4 Å². The highest BCUT2D eigenvalue weighted by Crippen LogP contribution is 2.14. The van der Waals surface area contributed by atoms with Crippen molar-refractivity contribution in [3.63, 3.8) is 0 Å². The van der Waals surface area contributed by atoms with Gasteiger partial charge in [-0.3, -0.25) is 4.79 Å². The van der Waals surface area contributed by atoms with Gasteiger partial charge in [-0.25, -0.2) is 14.1 Å². The van der Waals surface area contributed by atoms with Crippen LogP contribution in [0, 0.1) is 17.7 Å². The number of aromatic nitrogens is 3. The molecular formula is C13H11FN4O2. The van der Waals surface area contributed by atoms with Crippen LogP contribution in [-0.2, 0) is 11.3 Å². The zero-order chi connectivity index (χ0) is 14.4. The summed E-state index contributed by atoms with van der Waals surface area (Å²) in [5, 5.41) is 15.0. The molecule has 0 unspecified atom stereocenters. The molecule has 0 bridgehead atoms. The fraction of sp³-hybridized carbons (Fsp3) is 0.154. The minimum absolute atomic E-state index is 0.00896. The lowest BCUT2D eigenvalue weighted by Gasteiger charge is -2.06. The normalized spacial score (nSPS) is 9.70. The van der Waals surface area contributed by atoms with E-state index in [1.54, 1.807) is 0 Å². The number of anilines is 1. The van der Waals surface area contributed by atoms with Crippen LogP contribution in [0.15, 0.2) is 30.9 Å². The van der Waals surface area contributed by atoms with Gasteiger partial charge in [-0.1, -0.05) is 11.8 Å². The molecule has 0 fully saturated rings. The summed E-state index contributed by atoms with van der Waals surface area (Å²) in [6, 6.07) is 4.03. The second kappa shape index (κ2) is 6.45. The molecule has 1 aromatic carbocycles. The molecule has 1 heterocycles. The van der Waals surface area contributed by atoms with E-state index in [1.165, 1.54) is 35.5 Å². The van der Waals surface area contributed by atoms with Crippen molar-refractivity contribution >= 4 is 11.6 Å².